The molecule has 0 spiro atoms. The zero-order chi connectivity index (χ0) is 22.8. The fourth-order valence-electron chi connectivity index (χ4n) is 3.52. The summed E-state index contributed by atoms with van der Waals surface area (Å²) in [7, 11) is 0. The monoisotopic (exact) mass is 457 g/mol. The molecule has 1 aliphatic rings. The lowest BCUT2D eigenvalue weighted by atomic mass is 10.1. The molecule has 1 fully saturated rings. The lowest BCUT2D eigenvalue weighted by molar-refractivity contribution is -0.137. The van der Waals surface area contributed by atoms with E-state index >= 15 is 0 Å². The fraction of sp³-hybridized carbons (Fsp3) is 0.524. The quantitative estimate of drug-likeness (QED) is 0.738. The first-order chi connectivity index (χ1) is 14.5. The summed E-state index contributed by atoms with van der Waals surface area (Å²) in [5, 5.41) is 7.51. The summed E-state index contributed by atoms with van der Waals surface area (Å²) in [6.07, 6.45) is -2.88. The van der Waals surface area contributed by atoms with Gasteiger partial charge in [-0.15, -0.1) is 0 Å². The molecule has 0 atom stereocenters. The molecule has 1 aliphatic heterocycles. The van der Waals surface area contributed by atoms with Crippen molar-refractivity contribution in [2.45, 2.75) is 32.5 Å². The number of hydrogen-bond acceptors (Lipinski definition) is 5. The van der Waals surface area contributed by atoms with Gasteiger partial charge in [-0.25, -0.2) is 4.68 Å². The Hall–Kier alpha value is -2.26. The number of nitrogens with one attached hydrogen (secondary N) is 1. The van der Waals surface area contributed by atoms with Crippen LogP contribution in [-0.4, -0.2) is 53.9 Å². The smallest absolute Gasteiger partial charge is 0.378 e. The first kappa shape index (κ1) is 23.4. The zero-order valence-corrected chi connectivity index (χ0v) is 18.6. The Balaban J connectivity index is 1.55. The average Bonchev–Trinajstić information content (AvgIpc) is 2.69. The van der Waals surface area contributed by atoms with E-state index < -0.39 is 17.3 Å². The van der Waals surface area contributed by atoms with Gasteiger partial charge in [-0.3, -0.25) is 9.69 Å². The number of benzene rings is 1. The molecule has 170 valence electrons. The molecule has 0 bridgehead atoms. The SMILES string of the molecule is CC(C)(C)n1ncc(Cl)c(NCCN2CCN(c3cccc(C(F)(F)F)c3)CC2)c1=O. The van der Waals surface area contributed by atoms with Crippen LogP contribution >= 0.6 is 11.6 Å². The Labute approximate surface area is 184 Å². The average molecular weight is 458 g/mol. The lowest BCUT2D eigenvalue weighted by Crippen LogP contribution is -2.47. The van der Waals surface area contributed by atoms with Crippen LogP contribution in [0.2, 0.25) is 5.02 Å². The van der Waals surface area contributed by atoms with E-state index in [1.54, 1.807) is 6.07 Å². The first-order valence-corrected chi connectivity index (χ1v) is 10.5. The summed E-state index contributed by atoms with van der Waals surface area (Å²) in [4.78, 5) is 16.8. The first-order valence-electron chi connectivity index (χ1n) is 10.1. The van der Waals surface area contributed by atoms with Crippen molar-refractivity contribution in [1.29, 1.82) is 0 Å². The van der Waals surface area contributed by atoms with E-state index in [9.17, 15) is 18.0 Å². The summed E-state index contributed by atoms with van der Waals surface area (Å²) in [6.45, 7) is 9.58. The van der Waals surface area contributed by atoms with Crippen molar-refractivity contribution in [3.63, 3.8) is 0 Å². The van der Waals surface area contributed by atoms with Gasteiger partial charge in [0.05, 0.1) is 22.3 Å². The molecule has 0 aliphatic carbocycles. The van der Waals surface area contributed by atoms with Gasteiger partial charge in [-0.2, -0.15) is 18.3 Å². The molecule has 0 unspecified atom stereocenters. The van der Waals surface area contributed by atoms with Crippen molar-refractivity contribution in [3.8, 4) is 0 Å². The van der Waals surface area contributed by atoms with E-state index in [1.165, 1.54) is 23.0 Å². The number of halogens is 4. The minimum absolute atomic E-state index is 0.269. The number of hydrogen-bond donors (Lipinski definition) is 1. The maximum Gasteiger partial charge on any atom is 0.416 e. The Morgan fingerprint density at radius 1 is 1.13 bits per heavy atom. The predicted octanol–water partition coefficient (Wildman–Crippen LogP) is 3.90. The van der Waals surface area contributed by atoms with Gasteiger partial charge in [0.2, 0.25) is 0 Å². The van der Waals surface area contributed by atoms with E-state index in [1.807, 2.05) is 25.7 Å². The summed E-state index contributed by atoms with van der Waals surface area (Å²) >= 11 is 6.17. The van der Waals surface area contributed by atoms with Gasteiger partial charge in [0.1, 0.15) is 5.69 Å². The van der Waals surface area contributed by atoms with E-state index in [0.717, 1.165) is 6.07 Å². The van der Waals surface area contributed by atoms with E-state index in [-0.39, 0.29) is 10.6 Å². The van der Waals surface area contributed by atoms with E-state index in [4.69, 9.17) is 11.6 Å². The third-order valence-corrected chi connectivity index (χ3v) is 5.49. The van der Waals surface area contributed by atoms with Crippen LogP contribution in [0.5, 0.6) is 0 Å². The van der Waals surface area contributed by atoms with Gasteiger partial charge in [0, 0.05) is 45.0 Å². The van der Waals surface area contributed by atoms with Crippen LogP contribution < -0.4 is 15.8 Å². The molecule has 0 amide bonds. The maximum atomic E-state index is 13.0. The Kier molecular flexibility index (Phi) is 6.85. The molecule has 10 heteroatoms. The molecule has 0 saturated carbocycles. The number of anilines is 2. The van der Waals surface area contributed by atoms with Gasteiger partial charge in [-0.05, 0) is 39.0 Å². The highest BCUT2D eigenvalue weighted by molar-refractivity contribution is 6.33. The predicted molar refractivity (Wildman–Crippen MR) is 117 cm³/mol. The Bertz CT molecular complexity index is 963. The van der Waals surface area contributed by atoms with E-state index in [0.29, 0.717) is 50.6 Å². The number of aromatic nitrogens is 2. The van der Waals surface area contributed by atoms with Crippen molar-refractivity contribution in [2.75, 3.05) is 49.5 Å². The molecule has 3 rings (SSSR count). The van der Waals surface area contributed by atoms with Crippen LogP contribution in [-0.2, 0) is 11.7 Å². The summed E-state index contributed by atoms with van der Waals surface area (Å²) in [5.74, 6) is 0. The van der Waals surface area contributed by atoms with Gasteiger partial charge in [-0.1, -0.05) is 17.7 Å². The van der Waals surface area contributed by atoms with E-state index in [2.05, 4.69) is 15.3 Å². The van der Waals surface area contributed by atoms with Gasteiger partial charge >= 0.3 is 6.18 Å². The second-order valence-corrected chi connectivity index (χ2v) is 8.97. The molecule has 1 N–H and O–H groups in total. The molecule has 2 heterocycles. The van der Waals surface area contributed by atoms with Crippen molar-refractivity contribution in [1.82, 2.24) is 14.7 Å². The van der Waals surface area contributed by atoms with Crippen LogP contribution in [0.3, 0.4) is 0 Å². The third-order valence-electron chi connectivity index (χ3n) is 5.21. The molecular weight excluding hydrogens is 431 g/mol. The molecule has 0 radical (unpaired) electrons. The molecule has 2 aromatic rings. The van der Waals surface area contributed by atoms with Crippen LogP contribution in [0, 0.1) is 0 Å². The van der Waals surface area contributed by atoms with Crippen LogP contribution in [0.4, 0.5) is 24.5 Å². The van der Waals surface area contributed by atoms with Gasteiger partial charge in [0.25, 0.3) is 5.56 Å². The molecule has 31 heavy (non-hydrogen) atoms. The molecule has 1 aromatic carbocycles. The number of alkyl halides is 3. The molecule has 1 saturated heterocycles. The molecular formula is C21H27ClF3N5O. The second-order valence-electron chi connectivity index (χ2n) is 8.56. The van der Waals surface area contributed by atoms with Crippen molar-refractivity contribution in [3.05, 3.63) is 51.4 Å². The highest BCUT2D eigenvalue weighted by Crippen LogP contribution is 2.31. The van der Waals surface area contributed by atoms with Crippen LogP contribution in [0.25, 0.3) is 0 Å². The minimum Gasteiger partial charge on any atom is -0.378 e. The summed E-state index contributed by atoms with van der Waals surface area (Å²) in [6, 6.07) is 5.43. The topological polar surface area (TPSA) is 53.4 Å². The van der Waals surface area contributed by atoms with Gasteiger partial charge in [0.15, 0.2) is 0 Å². The van der Waals surface area contributed by atoms with Crippen LogP contribution in [0.1, 0.15) is 26.3 Å². The van der Waals surface area contributed by atoms with Crippen molar-refractivity contribution >= 4 is 23.0 Å². The summed E-state index contributed by atoms with van der Waals surface area (Å²) < 4.78 is 40.3. The number of nitrogens with zero attached hydrogens (tertiary/aromatic N) is 4. The normalized spacial score (nSPS) is 15.9. The standard InChI is InChI=1S/C21H27ClF3N5O/c1-20(2,3)30-19(31)18(17(22)14-27-30)26-7-8-28-9-11-29(12-10-28)16-6-4-5-15(13-16)21(23,24)25/h4-6,13-14,26H,7-12H2,1-3H3. The van der Waals surface area contributed by atoms with Crippen molar-refractivity contribution in [2.24, 2.45) is 0 Å². The molecule has 6 nitrogen and oxygen atoms in total. The minimum atomic E-state index is -4.34. The largest absolute Gasteiger partial charge is 0.416 e. The molecule has 1 aromatic heterocycles. The van der Waals surface area contributed by atoms with Gasteiger partial charge < -0.3 is 10.2 Å². The number of rotatable bonds is 5. The Morgan fingerprint density at radius 2 is 1.81 bits per heavy atom. The second kappa shape index (κ2) is 9.08. The van der Waals surface area contributed by atoms with Crippen molar-refractivity contribution < 1.29 is 13.2 Å². The third kappa shape index (κ3) is 5.71. The van der Waals surface area contributed by atoms with Crippen LogP contribution in [0.15, 0.2) is 35.3 Å². The zero-order valence-electron chi connectivity index (χ0n) is 17.8. The fourth-order valence-corrected chi connectivity index (χ4v) is 3.71. The lowest BCUT2D eigenvalue weighted by Gasteiger charge is -2.36. The highest BCUT2D eigenvalue weighted by Gasteiger charge is 2.31. The summed E-state index contributed by atoms with van der Waals surface area (Å²) in [5.41, 5.74) is -0.452. The highest BCUT2D eigenvalue weighted by atomic mass is 35.5. The maximum absolute atomic E-state index is 13.0. The number of piperazine rings is 1. The Morgan fingerprint density at radius 3 is 2.42 bits per heavy atom.